The standard InChI is InChI=1S/C25H35N3O5S/c1-13(2)11-17(20(29)27-18(24(32)33)12-14(3)4)26-21(30)19-25(5,6)34-23-16-10-8-7-9-15(16)22(31)28(19)23/h7-10,13-14,17-19,23H,11-12H2,1-6H3,(H,26,30)(H,27,29)(H,32,33)/t17-,18-,19-,23+/m0/s1. The van der Waals surface area contributed by atoms with Crippen LogP contribution in [0.3, 0.4) is 0 Å². The number of hydrogen-bond donors (Lipinski definition) is 3. The van der Waals surface area contributed by atoms with Gasteiger partial charge in [0.25, 0.3) is 5.91 Å². The number of benzene rings is 1. The summed E-state index contributed by atoms with van der Waals surface area (Å²) >= 11 is 1.56. The Kier molecular flexibility index (Phi) is 7.65. The number of nitrogens with zero attached hydrogens (tertiary/aromatic N) is 1. The summed E-state index contributed by atoms with van der Waals surface area (Å²) in [5, 5.41) is 14.7. The maximum atomic E-state index is 13.6. The minimum Gasteiger partial charge on any atom is -0.480 e. The molecule has 4 atom stereocenters. The van der Waals surface area contributed by atoms with E-state index in [1.54, 1.807) is 22.7 Å². The lowest BCUT2D eigenvalue weighted by molar-refractivity contribution is -0.142. The number of fused-ring (bicyclic) bond motifs is 3. The molecule has 2 aliphatic rings. The monoisotopic (exact) mass is 489 g/mol. The molecule has 0 aliphatic carbocycles. The van der Waals surface area contributed by atoms with Gasteiger partial charge in [0.1, 0.15) is 23.5 Å². The van der Waals surface area contributed by atoms with E-state index in [0.29, 0.717) is 12.0 Å². The van der Waals surface area contributed by atoms with Gasteiger partial charge in [-0.3, -0.25) is 14.4 Å². The van der Waals surface area contributed by atoms with Crippen molar-refractivity contribution in [1.29, 1.82) is 0 Å². The number of carboxylic acid groups (broad SMARTS) is 1. The van der Waals surface area contributed by atoms with Crippen molar-refractivity contribution >= 4 is 35.5 Å². The largest absolute Gasteiger partial charge is 0.480 e. The van der Waals surface area contributed by atoms with E-state index in [4.69, 9.17) is 0 Å². The van der Waals surface area contributed by atoms with Crippen molar-refractivity contribution in [3.05, 3.63) is 35.4 Å². The number of amides is 3. The molecule has 3 rings (SSSR count). The molecule has 186 valence electrons. The summed E-state index contributed by atoms with van der Waals surface area (Å²) in [4.78, 5) is 53.1. The molecule has 3 N–H and O–H groups in total. The van der Waals surface area contributed by atoms with Gasteiger partial charge >= 0.3 is 5.97 Å². The molecule has 2 heterocycles. The van der Waals surface area contributed by atoms with Crippen LogP contribution in [-0.2, 0) is 14.4 Å². The number of carbonyl (C=O) groups excluding carboxylic acids is 3. The van der Waals surface area contributed by atoms with E-state index in [9.17, 15) is 24.3 Å². The first-order valence-corrected chi connectivity index (χ1v) is 12.6. The smallest absolute Gasteiger partial charge is 0.326 e. The van der Waals surface area contributed by atoms with Crippen LogP contribution in [0.4, 0.5) is 0 Å². The molecular weight excluding hydrogens is 454 g/mol. The molecule has 0 spiro atoms. The van der Waals surface area contributed by atoms with Crippen LogP contribution in [0.5, 0.6) is 0 Å². The predicted octanol–water partition coefficient (Wildman–Crippen LogP) is 3.18. The highest BCUT2D eigenvalue weighted by atomic mass is 32.2. The third kappa shape index (κ3) is 5.24. The lowest BCUT2D eigenvalue weighted by Crippen LogP contribution is -2.58. The second-order valence-electron chi connectivity index (χ2n) is 10.5. The Labute approximate surface area is 205 Å². The van der Waals surface area contributed by atoms with Gasteiger partial charge in [0.2, 0.25) is 11.8 Å². The zero-order valence-corrected chi connectivity index (χ0v) is 21.4. The minimum absolute atomic E-state index is 0.0793. The quantitative estimate of drug-likeness (QED) is 0.491. The molecule has 8 nitrogen and oxygen atoms in total. The molecule has 0 unspecified atom stereocenters. The first-order valence-electron chi connectivity index (χ1n) is 11.8. The molecule has 0 radical (unpaired) electrons. The summed E-state index contributed by atoms with van der Waals surface area (Å²) in [6.45, 7) is 11.5. The second-order valence-corrected chi connectivity index (χ2v) is 12.2. The summed E-state index contributed by atoms with van der Waals surface area (Å²) in [6.07, 6.45) is 0.640. The average molecular weight is 490 g/mol. The summed E-state index contributed by atoms with van der Waals surface area (Å²) in [6, 6.07) is 4.68. The molecule has 9 heteroatoms. The average Bonchev–Trinajstić information content (AvgIpc) is 3.15. The number of carbonyl (C=O) groups is 4. The van der Waals surface area contributed by atoms with Crippen LogP contribution in [0.2, 0.25) is 0 Å². The van der Waals surface area contributed by atoms with E-state index in [0.717, 1.165) is 5.56 Å². The molecule has 2 aliphatic heterocycles. The van der Waals surface area contributed by atoms with Gasteiger partial charge < -0.3 is 20.6 Å². The predicted molar refractivity (Wildman–Crippen MR) is 131 cm³/mol. The van der Waals surface area contributed by atoms with Crippen LogP contribution in [0.1, 0.15) is 75.7 Å². The second kappa shape index (κ2) is 9.98. The van der Waals surface area contributed by atoms with E-state index in [1.807, 2.05) is 59.7 Å². The fourth-order valence-corrected chi connectivity index (χ4v) is 6.31. The summed E-state index contributed by atoms with van der Waals surface area (Å²) in [7, 11) is 0. The van der Waals surface area contributed by atoms with Crippen molar-refractivity contribution in [1.82, 2.24) is 15.5 Å². The van der Waals surface area contributed by atoms with Gasteiger partial charge in [-0.2, -0.15) is 0 Å². The van der Waals surface area contributed by atoms with E-state index < -0.39 is 40.7 Å². The van der Waals surface area contributed by atoms with Gasteiger partial charge in [-0.05, 0) is 50.2 Å². The van der Waals surface area contributed by atoms with Gasteiger partial charge in [0, 0.05) is 10.3 Å². The zero-order chi connectivity index (χ0) is 25.4. The molecule has 0 aromatic heterocycles. The topological polar surface area (TPSA) is 116 Å². The van der Waals surface area contributed by atoms with Crippen LogP contribution < -0.4 is 10.6 Å². The van der Waals surface area contributed by atoms with Crippen LogP contribution in [0.15, 0.2) is 24.3 Å². The Morgan fingerprint density at radius 2 is 1.62 bits per heavy atom. The van der Waals surface area contributed by atoms with E-state index in [-0.39, 0.29) is 29.5 Å². The van der Waals surface area contributed by atoms with Crippen LogP contribution in [-0.4, -0.2) is 56.6 Å². The number of hydrogen-bond acceptors (Lipinski definition) is 5. The molecule has 34 heavy (non-hydrogen) atoms. The Morgan fingerprint density at radius 1 is 1.03 bits per heavy atom. The van der Waals surface area contributed by atoms with Crippen molar-refractivity contribution in [2.24, 2.45) is 11.8 Å². The molecule has 1 fully saturated rings. The number of thioether (sulfide) groups is 1. The summed E-state index contributed by atoms with van der Waals surface area (Å²) < 4.78 is -0.571. The number of aliphatic carboxylic acids is 1. The Bertz CT molecular complexity index is 977. The number of nitrogens with one attached hydrogen (secondary N) is 2. The van der Waals surface area contributed by atoms with E-state index >= 15 is 0 Å². The van der Waals surface area contributed by atoms with Gasteiger partial charge in [-0.15, -0.1) is 11.8 Å². The van der Waals surface area contributed by atoms with Crippen LogP contribution in [0, 0.1) is 11.8 Å². The summed E-state index contributed by atoms with van der Waals surface area (Å²) in [5.74, 6) is -2.06. The molecule has 0 bridgehead atoms. The lowest BCUT2D eigenvalue weighted by atomic mass is 9.97. The van der Waals surface area contributed by atoms with Crippen LogP contribution in [0.25, 0.3) is 0 Å². The minimum atomic E-state index is -1.10. The van der Waals surface area contributed by atoms with Crippen molar-refractivity contribution in [2.75, 3.05) is 0 Å². The van der Waals surface area contributed by atoms with Gasteiger partial charge in [-0.1, -0.05) is 45.9 Å². The molecule has 1 saturated heterocycles. The van der Waals surface area contributed by atoms with Crippen molar-refractivity contribution < 1.29 is 24.3 Å². The summed E-state index contributed by atoms with van der Waals surface area (Å²) in [5.41, 5.74) is 1.50. The maximum Gasteiger partial charge on any atom is 0.326 e. The van der Waals surface area contributed by atoms with Crippen molar-refractivity contribution in [2.45, 2.75) is 82.6 Å². The fourth-order valence-electron chi connectivity index (χ4n) is 4.72. The third-order valence-electron chi connectivity index (χ3n) is 6.21. The zero-order valence-electron chi connectivity index (χ0n) is 20.6. The first-order chi connectivity index (χ1) is 15.8. The number of rotatable bonds is 9. The highest BCUT2D eigenvalue weighted by Gasteiger charge is 2.57. The Balaban J connectivity index is 1.82. The van der Waals surface area contributed by atoms with Crippen LogP contribution >= 0.6 is 11.8 Å². The Hall–Kier alpha value is -2.55. The van der Waals surface area contributed by atoms with E-state index in [2.05, 4.69) is 10.6 Å². The first kappa shape index (κ1) is 26.1. The molecule has 1 aromatic rings. The number of carboxylic acids is 1. The van der Waals surface area contributed by atoms with Gasteiger partial charge in [0.05, 0.1) is 0 Å². The fraction of sp³-hybridized carbons (Fsp3) is 0.600. The van der Waals surface area contributed by atoms with Gasteiger partial charge in [0.15, 0.2) is 0 Å². The van der Waals surface area contributed by atoms with Crippen molar-refractivity contribution in [3.63, 3.8) is 0 Å². The van der Waals surface area contributed by atoms with E-state index in [1.165, 1.54) is 0 Å². The molecule has 1 aromatic carbocycles. The molecule has 0 saturated carbocycles. The highest BCUT2D eigenvalue weighted by Crippen LogP contribution is 2.56. The maximum absolute atomic E-state index is 13.6. The SMILES string of the molecule is CC(C)C[C@H](NC(=O)[C@H](CC(C)C)NC(=O)[C@@H]1N2C(=O)c3ccccc3[C@H]2SC1(C)C)C(=O)O. The normalized spacial score (nSPS) is 22.4. The third-order valence-corrected chi connectivity index (χ3v) is 7.74. The molecule has 3 amide bonds. The highest BCUT2D eigenvalue weighted by molar-refractivity contribution is 8.01. The lowest BCUT2D eigenvalue weighted by Gasteiger charge is -2.31. The van der Waals surface area contributed by atoms with Gasteiger partial charge in [-0.25, -0.2) is 4.79 Å². The molecular formula is C25H35N3O5S. The van der Waals surface area contributed by atoms with Crippen molar-refractivity contribution in [3.8, 4) is 0 Å². The Morgan fingerprint density at radius 3 is 2.21 bits per heavy atom.